The number of hydrogen-bond acceptors (Lipinski definition) is 3. The van der Waals surface area contributed by atoms with Crippen molar-refractivity contribution in [1.82, 2.24) is 0 Å². The second-order valence-electron chi connectivity index (χ2n) is 4.38. The van der Waals surface area contributed by atoms with Gasteiger partial charge in [0.2, 0.25) is 6.36 Å². The van der Waals surface area contributed by atoms with Crippen LogP contribution in [0.1, 0.15) is 37.7 Å². The summed E-state index contributed by atoms with van der Waals surface area (Å²) in [7, 11) is 0. The Bertz CT molecular complexity index is 414. The molecule has 1 aromatic rings. The number of ether oxygens (including phenoxy) is 1. The Morgan fingerprint density at radius 1 is 1.53 bits per heavy atom. The third-order valence-electron chi connectivity index (χ3n) is 2.79. The second kappa shape index (κ2) is 8.12. The highest BCUT2D eigenvalue weighted by atomic mass is 35.5. The molecule has 0 heterocycles. The van der Waals surface area contributed by atoms with Gasteiger partial charge in [-0.25, -0.2) is 4.39 Å². The van der Waals surface area contributed by atoms with Crippen LogP contribution in [0.2, 0.25) is 5.02 Å². The van der Waals surface area contributed by atoms with E-state index in [1.165, 1.54) is 0 Å². The van der Waals surface area contributed by atoms with Crippen molar-refractivity contribution in [2.24, 2.45) is 5.73 Å². The smallest absolute Gasteiger partial charge is 0.308 e. The van der Waals surface area contributed by atoms with Gasteiger partial charge in [0, 0.05) is 17.4 Å². The topological polar surface area (TPSA) is 52.3 Å². The Kier molecular flexibility index (Phi) is 6.81. The van der Waals surface area contributed by atoms with Crippen LogP contribution in [0.5, 0.6) is 0 Å². The third kappa shape index (κ3) is 5.57. The lowest BCUT2D eigenvalue weighted by atomic mass is 9.96. The molecule has 2 N–H and O–H groups in total. The van der Waals surface area contributed by atoms with Crippen molar-refractivity contribution in [3.8, 4) is 0 Å². The van der Waals surface area contributed by atoms with Crippen LogP contribution in [0.3, 0.4) is 0 Å². The molecule has 1 rings (SSSR count). The molecule has 2 atom stereocenters. The van der Waals surface area contributed by atoms with E-state index in [1.807, 2.05) is 13.0 Å². The summed E-state index contributed by atoms with van der Waals surface area (Å²) in [5.74, 6) is -0.781. The fraction of sp³-hybridized carbons (Fsp3) is 0.500. The molecule has 0 saturated heterocycles. The normalized spacial score (nSPS) is 13.9. The van der Waals surface area contributed by atoms with Gasteiger partial charge in [0.1, 0.15) is 0 Å². The number of hydrogen-bond donors (Lipinski definition) is 1. The molecule has 0 saturated carbocycles. The molecule has 0 aromatic heterocycles. The van der Waals surface area contributed by atoms with Gasteiger partial charge >= 0.3 is 5.97 Å². The van der Waals surface area contributed by atoms with Gasteiger partial charge in [0.25, 0.3) is 0 Å². The maximum absolute atomic E-state index is 13.2. The summed E-state index contributed by atoms with van der Waals surface area (Å²) < 4.78 is 17.9. The summed E-state index contributed by atoms with van der Waals surface area (Å²) in [4.78, 5) is 11.6. The Balaban J connectivity index is 2.59. The van der Waals surface area contributed by atoms with Gasteiger partial charge in [0.15, 0.2) is 0 Å². The van der Waals surface area contributed by atoms with Gasteiger partial charge in [-0.3, -0.25) is 4.79 Å². The predicted octanol–water partition coefficient (Wildman–Crippen LogP) is 3.41. The fourth-order valence-corrected chi connectivity index (χ4v) is 1.97. The zero-order chi connectivity index (χ0) is 14.3. The third-order valence-corrected chi connectivity index (χ3v) is 3.03. The molecule has 0 amide bonds. The van der Waals surface area contributed by atoms with Crippen molar-refractivity contribution in [2.75, 3.05) is 6.54 Å². The average molecular weight is 288 g/mol. The van der Waals surface area contributed by atoms with Crippen molar-refractivity contribution in [2.45, 2.75) is 38.5 Å². The molecule has 0 radical (unpaired) electrons. The van der Waals surface area contributed by atoms with Crippen LogP contribution in [0.15, 0.2) is 24.3 Å². The molecule has 0 bridgehead atoms. The molecule has 0 fully saturated rings. The van der Waals surface area contributed by atoms with Crippen LogP contribution in [0.4, 0.5) is 4.39 Å². The van der Waals surface area contributed by atoms with Crippen molar-refractivity contribution < 1.29 is 13.9 Å². The summed E-state index contributed by atoms with van der Waals surface area (Å²) in [5.41, 5.74) is 6.51. The van der Waals surface area contributed by atoms with Crippen molar-refractivity contribution in [3.63, 3.8) is 0 Å². The van der Waals surface area contributed by atoms with E-state index in [0.29, 0.717) is 11.4 Å². The van der Waals surface area contributed by atoms with E-state index in [0.717, 1.165) is 5.56 Å². The number of alkyl halides is 1. The van der Waals surface area contributed by atoms with E-state index in [1.54, 1.807) is 18.2 Å². The summed E-state index contributed by atoms with van der Waals surface area (Å²) in [5, 5.41) is 0.582. The largest absolute Gasteiger partial charge is 0.431 e. The van der Waals surface area contributed by atoms with Crippen LogP contribution in [-0.2, 0) is 9.53 Å². The predicted molar refractivity (Wildman–Crippen MR) is 73.8 cm³/mol. The molecule has 0 spiro atoms. The number of rotatable bonds is 7. The quantitative estimate of drug-likeness (QED) is 0.782. The molecule has 5 heteroatoms. The number of carbonyl (C=O) groups excluding carboxylic acids is 1. The Morgan fingerprint density at radius 2 is 2.26 bits per heavy atom. The van der Waals surface area contributed by atoms with E-state index in [4.69, 9.17) is 17.3 Å². The monoisotopic (exact) mass is 287 g/mol. The molecule has 0 aliphatic carbocycles. The summed E-state index contributed by atoms with van der Waals surface area (Å²) in [6.07, 6.45) is -0.629. The highest BCUT2D eigenvalue weighted by Crippen LogP contribution is 2.22. The van der Waals surface area contributed by atoms with Crippen molar-refractivity contribution in [1.29, 1.82) is 0 Å². The van der Waals surface area contributed by atoms with E-state index >= 15 is 0 Å². The highest BCUT2D eigenvalue weighted by molar-refractivity contribution is 6.30. The van der Waals surface area contributed by atoms with Crippen molar-refractivity contribution >= 4 is 17.6 Å². The minimum Gasteiger partial charge on any atom is -0.431 e. The number of halogens is 2. The van der Waals surface area contributed by atoms with Crippen LogP contribution >= 0.6 is 11.6 Å². The Hall–Kier alpha value is -1.13. The van der Waals surface area contributed by atoms with E-state index in [9.17, 15) is 9.18 Å². The Labute approximate surface area is 117 Å². The van der Waals surface area contributed by atoms with Crippen LogP contribution in [-0.4, -0.2) is 18.9 Å². The van der Waals surface area contributed by atoms with Gasteiger partial charge in [-0.2, -0.15) is 0 Å². The first-order valence-corrected chi connectivity index (χ1v) is 6.73. The molecule has 106 valence electrons. The summed E-state index contributed by atoms with van der Waals surface area (Å²) in [6, 6.07) is 7.14. The second-order valence-corrected chi connectivity index (χ2v) is 4.82. The fourth-order valence-electron chi connectivity index (χ4n) is 1.78. The Morgan fingerprint density at radius 3 is 2.84 bits per heavy atom. The van der Waals surface area contributed by atoms with Gasteiger partial charge in [-0.1, -0.05) is 30.7 Å². The van der Waals surface area contributed by atoms with Crippen LogP contribution in [0.25, 0.3) is 0 Å². The zero-order valence-corrected chi connectivity index (χ0v) is 11.7. The molecule has 0 aliphatic heterocycles. The van der Waals surface area contributed by atoms with Gasteiger partial charge in [-0.15, -0.1) is 0 Å². The molecule has 0 aliphatic rings. The first kappa shape index (κ1) is 15.9. The molecule has 1 aromatic carbocycles. The molecule has 2 unspecified atom stereocenters. The average Bonchev–Trinajstić information content (AvgIpc) is 2.36. The number of esters is 1. The first-order chi connectivity index (χ1) is 9.06. The van der Waals surface area contributed by atoms with Gasteiger partial charge in [-0.05, 0) is 30.7 Å². The zero-order valence-electron chi connectivity index (χ0n) is 10.9. The molecule has 3 nitrogen and oxygen atoms in total. The number of carbonyl (C=O) groups is 1. The lowest BCUT2D eigenvalue weighted by Crippen LogP contribution is -2.20. The highest BCUT2D eigenvalue weighted by Gasteiger charge is 2.18. The van der Waals surface area contributed by atoms with Gasteiger partial charge < -0.3 is 10.5 Å². The maximum Gasteiger partial charge on any atom is 0.308 e. The minimum atomic E-state index is -1.53. The summed E-state index contributed by atoms with van der Waals surface area (Å²) in [6.45, 7) is 2.11. The van der Waals surface area contributed by atoms with Crippen LogP contribution < -0.4 is 5.73 Å². The molecular formula is C14H19ClFNO2. The van der Waals surface area contributed by atoms with E-state index < -0.39 is 12.3 Å². The summed E-state index contributed by atoms with van der Waals surface area (Å²) >= 11 is 5.89. The maximum atomic E-state index is 13.2. The standard InChI is InChI=1S/C14H19ClFNO2/c1-2-4-13(16)19-14(18)8-11(9-17)10-5-3-6-12(15)7-10/h3,5-7,11,13H,2,4,8-9,17H2,1H3. The SMILES string of the molecule is CCCC(F)OC(=O)CC(CN)c1cccc(Cl)c1. The lowest BCUT2D eigenvalue weighted by Gasteiger charge is -2.16. The molecule has 19 heavy (non-hydrogen) atoms. The first-order valence-electron chi connectivity index (χ1n) is 6.35. The minimum absolute atomic E-state index is 0.0565. The number of benzene rings is 1. The van der Waals surface area contributed by atoms with E-state index in [2.05, 4.69) is 4.74 Å². The van der Waals surface area contributed by atoms with Crippen molar-refractivity contribution in [3.05, 3.63) is 34.9 Å². The van der Waals surface area contributed by atoms with E-state index in [-0.39, 0.29) is 25.3 Å². The van der Waals surface area contributed by atoms with Gasteiger partial charge in [0.05, 0.1) is 6.42 Å². The lowest BCUT2D eigenvalue weighted by molar-refractivity contribution is -0.158. The number of nitrogens with two attached hydrogens (primary N) is 1. The van der Waals surface area contributed by atoms with Crippen LogP contribution in [0, 0.1) is 0 Å². The molecular weight excluding hydrogens is 269 g/mol.